The summed E-state index contributed by atoms with van der Waals surface area (Å²) in [6.07, 6.45) is 5.56. The van der Waals surface area contributed by atoms with Crippen molar-refractivity contribution in [3.8, 4) is 5.75 Å². The number of rotatable bonds is 5. The zero-order chi connectivity index (χ0) is 36.8. The quantitative estimate of drug-likeness (QED) is 0.332. The highest BCUT2D eigenvalue weighted by molar-refractivity contribution is 7.92. The van der Waals surface area contributed by atoms with Crippen molar-refractivity contribution >= 4 is 39.1 Å². The summed E-state index contributed by atoms with van der Waals surface area (Å²) in [6, 6.07) is 9.58. The zero-order valence-corrected chi connectivity index (χ0v) is 31.3. The molecule has 2 fully saturated rings. The van der Waals surface area contributed by atoms with Crippen LogP contribution in [0.25, 0.3) is 0 Å². The zero-order valence-electron chi connectivity index (χ0n) is 29.7. The molecule has 2 aromatic carbocycles. The molecule has 2 aliphatic heterocycles. The lowest BCUT2D eigenvalue weighted by atomic mass is 9.68. The fourth-order valence-corrected chi connectivity index (χ4v) is 10.7. The number of carbonyl (C=O) groups excluding carboxylic acids is 2. The molecule has 2 N–H and O–H groups in total. The Morgan fingerprint density at radius 2 is 1.92 bits per heavy atom. The number of anilines is 1. The van der Waals surface area contributed by atoms with E-state index in [-0.39, 0.29) is 35.2 Å². The molecular formula is C38H47ClF2N4O6S. The number of aryl methyl sites for hydroxylation is 1. The first kappa shape index (κ1) is 37.1. The summed E-state index contributed by atoms with van der Waals surface area (Å²) < 4.78 is 65.8. The van der Waals surface area contributed by atoms with Gasteiger partial charge in [0.25, 0.3) is 5.91 Å². The maximum Gasteiger partial charge on any atom is 0.327 e. The number of urea groups is 1. The number of hydrogen-bond donors (Lipinski definition) is 2. The summed E-state index contributed by atoms with van der Waals surface area (Å²) in [4.78, 5) is 29.3. The number of nitrogens with zero attached hydrogens (tertiary/aromatic N) is 2. The number of carbonyl (C=O) groups is 2. The monoisotopic (exact) mass is 760 g/mol. The number of ether oxygens (including phenoxy) is 3. The van der Waals surface area contributed by atoms with Crippen LogP contribution in [-0.4, -0.2) is 80.5 Å². The molecule has 3 aliphatic carbocycles. The highest BCUT2D eigenvalue weighted by atomic mass is 35.5. The summed E-state index contributed by atoms with van der Waals surface area (Å²) in [7, 11) is -0.526. The minimum Gasteiger partial charge on any atom is -0.490 e. The van der Waals surface area contributed by atoms with Crippen LogP contribution in [0.1, 0.15) is 60.5 Å². The van der Waals surface area contributed by atoms with Crippen LogP contribution in [0.15, 0.2) is 52.9 Å². The van der Waals surface area contributed by atoms with Gasteiger partial charge in [0.1, 0.15) is 15.7 Å². The average molecular weight is 761 g/mol. The molecule has 0 radical (unpaired) electrons. The number of alkyl halides is 2. The van der Waals surface area contributed by atoms with Gasteiger partial charge in [0.05, 0.1) is 30.3 Å². The normalized spacial score (nSPS) is 34.9. The number of halogens is 3. The molecular weight excluding hydrogens is 714 g/mol. The lowest BCUT2D eigenvalue weighted by Gasteiger charge is -2.46. The van der Waals surface area contributed by atoms with Crippen molar-refractivity contribution in [2.75, 3.05) is 44.6 Å². The van der Waals surface area contributed by atoms with Crippen molar-refractivity contribution in [1.29, 1.82) is 0 Å². The van der Waals surface area contributed by atoms with Gasteiger partial charge in [0, 0.05) is 55.3 Å². The minimum atomic E-state index is -3.77. The Morgan fingerprint density at radius 3 is 2.63 bits per heavy atom. The molecule has 9 atom stereocenters. The first-order chi connectivity index (χ1) is 24.9. The maximum atomic E-state index is 14.5. The van der Waals surface area contributed by atoms with Crippen LogP contribution in [0.3, 0.4) is 0 Å². The predicted molar refractivity (Wildman–Crippen MR) is 196 cm³/mol. The van der Waals surface area contributed by atoms with Crippen LogP contribution in [0.2, 0.25) is 5.02 Å². The van der Waals surface area contributed by atoms with Crippen LogP contribution in [0, 0.1) is 23.7 Å². The van der Waals surface area contributed by atoms with Gasteiger partial charge in [-0.2, -0.15) is 0 Å². The molecule has 5 aliphatic rings. The number of methoxy groups -OCH3 is 2. The minimum absolute atomic E-state index is 0.117. The molecule has 2 aromatic rings. The smallest absolute Gasteiger partial charge is 0.327 e. The van der Waals surface area contributed by atoms with Crippen molar-refractivity contribution in [1.82, 2.24) is 10.0 Å². The highest BCUT2D eigenvalue weighted by Crippen LogP contribution is 2.47. The van der Waals surface area contributed by atoms with E-state index in [4.69, 9.17) is 25.8 Å². The first-order valence-corrected chi connectivity index (χ1v) is 20.2. The Labute approximate surface area is 309 Å². The second-order valence-electron chi connectivity index (χ2n) is 15.2. The largest absolute Gasteiger partial charge is 0.490 e. The molecule has 0 saturated heterocycles. The summed E-state index contributed by atoms with van der Waals surface area (Å²) in [5.74, 6) is -1.25. The molecule has 3 amide bonds. The Balaban J connectivity index is 1.28. The van der Waals surface area contributed by atoms with Crippen molar-refractivity contribution in [2.45, 2.75) is 75.5 Å². The lowest BCUT2D eigenvalue weighted by Crippen LogP contribution is -2.49. The molecule has 0 aromatic heterocycles. The molecule has 1 spiro atoms. The van der Waals surface area contributed by atoms with Gasteiger partial charge in [0.15, 0.2) is 0 Å². The number of amides is 3. The van der Waals surface area contributed by atoms with Crippen molar-refractivity contribution in [3.05, 3.63) is 70.3 Å². The van der Waals surface area contributed by atoms with Crippen molar-refractivity contribution < 1.29 is 36.8 Å². The van der Waals surface area contributed by atoms with E-state index in [1.165, 1.54) is 18.2 Å². The standard InChI is InChI=1S/C38H47ClF2N4O6S/c1-22-19-52(48,44-37(47)42-30-17-28(30)35(40)41)43-36(46)24-7-11-34-31(16-24)45(18-25-6-9-27(25)33(50-3)13-12-32(22)49-2)20-38(21-51-34)14-4-5-23-15-26(39)8-10-29(23)38/h7-8,10-13,15-16,22,25,27-28,30,32-33,35H,4-6,9,14,17-21H2,1-3H3,(H2,42,43,44,46,47,48)/b13-12+/t22-,25+,27-,28-,30+,32+,33+,38+,52?/m1/s1. The average Bonchev–Trinajstić information content (AvgIpc) is 3.88. The molecule has 2 heterocycles. The fraction of sp³-hybridized carbons (Fsp3) is 0.579. The molecule has 10 nitrogen and oxygen atoms in total. The Kier molecular flexibility index (Phi) is 10.6. The van der Waals surface area contributed by atoms with Gasteiger partial charge in [-0.1, -0.05) is 36.7 Å². The third-order valence-corrected chi connectivity index (χ3v) is 13.9. The molecule has 7 rings (SSSR count). The molecule has 2 bridgehead atoms. The molecule has 282 valence electrons. The van der Waals surface area contributed by atoms with Gasteiger partial charge in [0.2, 0.25) is 6.43 Å². The van der Waals surface area contributed by atoms with E-state index < -0.39 is 52.3 Å². The number of hydrogen-bond acceptors (Lipinski definition) is 7. The molecule has 2 saturated carbocycles. The Morgan fingerprint density at radius 1 is 1.13 bits per heavy atom. The van der Waals surface area contributed by atoms with Gasteiger partial charge in [-0.25, -0.2) is 17.8 Å². The lowest BCUT2D eigenvalue weighted by molar-refractivity contribution is 0.0120. The fourth-order valence-electron chi connectivity index (χ4n) is 8.64. The van der Waals surface area contributed by atoms with E-state index in [1.807, 2.05) is 18.2 Å². The Bertz CT molecular complexity index is 1850. The van der Waals surface area contributed by atoms with E-state index in [0.717, 1.165) is 37.8 Å². The van der Waals surface area contributed by atoms with Crippen LogP contribution in [-0.2, 0) is 31.2 Å². The summed E-state index contributed by atoms with van der Waals surface area (Å²) in [5, 5.41) is 3.18. The maximum absolute atomic E-state index is 14.5. The second kappa shape index (κ2) is 14.9. The van der Waals surface area contributed by atoms with Crippen molar-refractivity contribution in [3.63, 3.8) is 0 Å². The highest BCUT2D eigenvalue weighted by Gasteiger charge is 2.46. The third kappa shape index (κ3) is 7.56. The number of benzene rings is 2. The first-order valence-electron chi connectivity index (χ1n) is 18.1. The predicted octanol–water partition coefficient (Wildman–Crippen LogP) is 6.55. The molecule has 1 unspecified atom stereocenters. The second-order valence-corrected chi connectivity index (χ2v) is 17.6. The van der Waals surface area contributed by atoms with Crippen molar-refractivity contribution in [2.24, 2.45) is 28.0 Å². The number of fused-ring (bicyclic) bond motifs is 4. The Hall–Kier alpha value is -3.26. The SMILES string of the molecule is CO[C@H]1/C=C/[C@H](OC)[C@H](C)CS(=O)(NC(=O)N[C@H]2C[C@H]2C(F)F)=NC(=O)c2ccc3c(c2)N(C[C@@H]2CC[C@H]21)C[C@@]1(CCCc2cc(Cl)ccc21)CO3. The van der Waals surface area contributed by atoms with E-state index in [0.29, 0.717) is 36.4 Å². The summed E-state index contributed by atoms with van der Waals surface area (Å²) in [6.45, 7) is 3.62. The van der Waals surface area contributed by atoms with Crippen LogP contribution in [0.4, 0.5) is 19.3 Å². The van der Waals surface area contributed by atoms with Gasteiger partial charge in [-0.05, 0) is 97.7 Å². The summed E-state index contributed by atoms with van der Waals surface area (Å²) in [5.41, 5.74) is 3.08. The summed E-state index contributed by atoms with van der Waals surface area (Å²) >= 11 is 6.44. The van der Waals surface area contributed by atoms with E-state index in [1.54, 1.807) is 32.2 Å². The third-order valence-electron chi connectivity index (χ3n) is 11.7. The van der Waals surface area contributed by atoms with Crippen LogP contribution < -0.4 is 19.7 Å². The molecule has 14 heteroatoms. The van der Waals surface area contributed by atoms with Crippen LogP contribution >= 0.6 is 11.6 Å². The number of nitrogens with one attached hydrogen (secondary N) is 2. The van der Waals surface area contributed by atoms with Gasteiger partial charge in [-0.15, -0.1) is 4.36 Å². The van der Waals surface area contributed by atoms with Crippen LogP contribution in [0.5, 0.6) is 5.75 Å². The van der Waals surface area contributed by atoms with Gasteiger partial charge in [-0.3, -0.25) is 9.52 Å². The van der Waals surface area contributed by atoms with E-state index in [2.05, 4.69) is 31.4 Å². The van der Waals surface area contributed by atoms with Gasteiger partial charge >= 0.3 is 6.03 Å². The topological polar surface area (TPSA) is 119 Å². The van der Waals surface area contributed by atoms with E-state index >= 15 is 0 Å². The molecule has 52 heavy (non-hydrogen) atoms. The van der Waals surface area contributed by atoms with Gasteiger partial charge < -0.3 is 24.4 Å². The van der Waals surface area contributed by atoms with E-state index in [9.17, 15) is 22.6 Å².